The molecule has 2 aliphatic rings. The van der Waals surface area contributed by atoms with E-state index in [-0.39, 0.29) is 18.2 Å². The van der Waals surface area contributed by atoms with Gasteiger partial charge in [-0.05, 0) is 32.0 Å². The van der Waals surface area contributed by atoms with Crippen LogP contribution in [-0.4, -0.2) is 46.9 Å². The van der Waals surface area contributed by atoms with Crippen molar-refractivity contribution in [1.82, 2.24) is 20.7 Å². The number of rotatable bonds is 6. The maximum absolute atomic E-state index is 12.6. The molecule has 1 aliphatic heterocycles. The van der Waals surface area contributed by atoms with Gasteiger partial charge in [0.25, 0.3) is 5.91 Å². The van der Waals surface area contributed by atoms with Crippen molar-refractivity contribution in [2.24, 2.45) is 0 Å². The van der Waals surface area contributed by atoms with Gasteiger partial charge in [0, 0.05) is 24.4 Å². The third kappa shape index (κ3) is 4.19. The van der Waals surface area contributed by atoms with E-state index < -0.39 is 11.6 Å². The summed E-state index contributed by atoms with van der Waals surface area (Å²) in [5.74, 6) is -0.686. The molecule has 0 unspecified atom stereocenters. The third-order valence-electron chi connectivity index (χ3n) is 4.88. The highest BCUT2D eigenvalue weighted by Gasteiger charge is 2.52. The van der Waals surface area contributed by atoms with Gasteiger partial charge in [0.2, 0.25) is 5.91 Å². The molecule has 1 saturated carbocycles. The fraction of sp³-hybridized carbons (Fsp3) is 0.588. The Kier molecular flexibility index (Phi) is 5.84. The lowest BCUT2D eigenvalue weighted by Crippen LogP contribution is -2.51. The summed E-state index contributed by atoms with van der Waals surface area (Å²) in [5.41, 5.74) is 1.64. The smallest absolute Gasteiger partial charge is 0.322 e. The van der Waals surface area contributed by atoms with Gasteiger partial charge in [0.05, 0.1) is 4.34 Å². The first kappa shape index (κ1) is 19.1. The van der Waals surface area contributed by atoms with Crippen molar-refractivity contribution < 1.29 is 14.4 Å². The van der Waals surface area contributed by atoms with Crippen LogP contribution in [0.25, 0.3) is 0 Å². The zero-order valence-electron chi connectivity index (χ0n) is 14.7. The Balaban J connectivity index is 1.48. The molecule has 26 heavy (non-hydrogen) atoms. The van der Waals surface area contributed by atoms with Gasteiger partial charge in [0.1, 0.15) is 5.54 Å². The van der Waals surface area contributed by atoms with E-state index in [0.29, 0.717) is 25.9 Å². The molecule has 0 radical (unpaired) electrons. The minimum Gasteiger partial charge on any atom is -0.322 e. The molecule has 4 amide bonds. The molecule has 1 aliphatic carbocycles. The summed E-state index contributed by atoms with van der Waals surface area (Å²) in [7, 11) is 1.91. The SMILES string of the molecule is CN(CCC(=O)NN1C(=O)NC2(CCCCC2)C1=O)Cc1ccc(Cl)s1. The van der Waals surface area contributed by atoms with Crippen LogP contribution in [0.1, 0.15) is 43.4 Å². The van der Waals surface area contributed by atoms with Crippen LogP contribution in [0.15, 0.2) is 12.1 Å². The van der Waals surface area contributed by atoms with E-state index in [1.807, 2.05) is 24.1 Å². The van der Waals surface area contributed by atoms with E-state index in [2.05, 4.69) is 10.7 Å². The molecule has 7 nitrogen and oxygen atoms in total. The predicted molar refractivity (Wildman–Crippen MR) is 99.6 cm³/mol. The fourth-order valence-electron chi connectivity index (χ4n) is 3.47. The van der Waals surface area contributed by atoms with Crippen molar-refractivity contribution in [1.29, 1.82) is 0 Å². The van der Waals surface area contributed by atoms with Gasteiger partial charge in [-0.2, -0.15) is 5.01 Å². The minimum absolute atomic E-state index is 0.194. The largest absolute Gasteiger partial charge is 0.344 e. The number of hydrogen-bond donors (Lipinski definition) is 2. The molecule has 142 valence electrons. The Morgan fingerprint density at radius 3 is 2.73 bits per heavy atom. The molecular weight excluding hydrogens is 376 g/mol. The molecular formula is C17H23ClN4O3S. The van der Waals surface area contributed by atoms with E-state index in [9.17, 15) is 14.4 Å². The Morgan fingerprint density at radius 2 is 2.08 bits per heavy atom. The van der Waals surface area contributed by atoms with Crippen LogP contribution in [0.4, 0.5) is 4.79 Å². The van der Waals surface area contributed by atoms with Gasteiger partial charge in [-0.3, -0.25) is 15.0 Å². The number of halogens is 1. The number of carbonyl (C=O) groups is 3. The van der Waals surface area contributed by atoms with Crippen LogP contribution < -0.4 is 10.7 Å². The van der Waals surface area contributed by atoms with E-state index in [4.69, 9.17) is 11.6 Å². The standard InChI is InChI=1S/C17H23ClN4O3S/c1-21(11-12-5-6-13(18)26-12)10-7-14(23)20-22-15(24)17(19-16(22)25)8-3-2-4-9-17/h5-6H,2-4,7-11H2,1H3,(H,19,25)(H,20,23). The van der Waals surface area contributed by atoms with Crippen LogP contribution in [-0.2, 0) is 16.1 Å². The molecule has 1 aromatic heterocycles. The second-order valence-corrected chi connectivity index (χ2v) is 8.74. The number of hydrazine groups is 1. The van der Waals surface area contributed by atoms with Gasteiger partial charge in [-0.15, -0.1) is 11.3 Å². The molecule has 1 saturated heterocycles. The average molecular weight is 399 g/mol. The number of thiophene rings is 1. The number of nitrogens with one attached hydrogen (secondary N) is 2. The van der Waals surface area contributed by atoms with E-state index in [0.717, 1.165) is 33.5 Å². The van der Waals surface area contributed by atoms with Crippen molar-refractivity contribution in [2.75, 3.05) is 13.6 Å². The molecule has 2 heterocycles. The summed E-state index contributed by atoms with van der Waals surface area (Å²) < 4.78 is 0.737. The number of urea groups is 1. The first-order valence-corrected chi connectivity index (χ1v) is 9.98. The number of carbonyl (C=O) groups excluding carboxylic acids is 3. The summed E-state index contributed by atoms with van der Waals surface area (Å²) in [6.45, 7) is 1.20. The van der Waals surface area contributed by atoms with Crippen molar-refractivity contribution in [2.45, 2.75) is 50.6 Å². The normalized spacial score (nSPS) is 19.3. The molecule has 1 aromatic rings. The number of amides is 4. The third-order valence-corrected chi connectivity index (χ3v) is 6.10. The van der Waals surface area contributed by atoms with Crippen molar-refractivity contribution in [3.8, 4) is 0 Å². The van der Waals surface area contributed by atoms with Gasteiger partial charge < -0.3 is 10.2 Å². The van der Waals surface area contributed by atoms with Crippen LogP contribution in [0.5, 0.6) is 0 Å². The van der Waals surface area contributed by atoms with Crippen molar-refractivity contribution >= 4 is 40.8 Å². The lowest BCUT2D eigenvalue weighted by Gasteiger charge is -2.30. The Bertz CT molecular complexity index is 702. The van der Waals surface area contributed by atoms with Crippen LogP contribution in [0, 0.1) is 0 Å². The first-order valence-electron chi connectivity index (χ1n) is 8.78. The molecule has 1 spiro atoms. The van der Waals surface area contributed by atoms with Crippen LogP contribution >= 0.6 is 22.9 Å². The Hall–Kier alpha value is -1.64. The molecule has 3 rings (SSSR count). The lowest BCUT2D eigenvalue weighted by atomic mass is 9.82. The quantitative estimate of drug-likeness (QED) is 0.721. The number of imide groups is 1. The summed E-state index contributed by atoms with van der Waals surface area (Å²) in [6, 6.07) is 3.27. The van der Waals surface area contributed by atoms with Crippen LogP contribution in [0.3, 0.4) is 0 Å². The lowest BCUT2D eigenvalue weighted by molar-refractivity contribution is -0.140. The second-order valence-electron chi connectivity index (χ2n) is 6.94. The van der Waals surface area contributed by atoms with E-state index >= 15 is 0 Å². The average Bonchev–Trinajstić information content (AvgIpc) is 3.10. The maximum Gasteiger partial charge on any atom is 0.344 e. The summed E-state index contributed by atoms with van der Waals surface area (Å²) in [6.07, 6.45) is 4.35. The number of nitrogens with zero attached hydrogens (tertiary/aromatic N) is 2. The van der Waals surface area contributed by atoms with E-state index in [1.165, 1.54) is 11.3 Å². The zero-order valence-corrected chi connectivity index (χ0v) is 16.3. The highest BCUT2D eigenvalue weighted by atomic mass is 35.5. The highest BCUT2D eigenvalue weighted by molar-refractivity contribution is 7.16. The minimum atomic E-state index is -0.822. The summed E-state index contributed by atoms with van der Waals surface area (Å²) in [5, 5.41) is 3.63. The molecule has 9 heteroatoms. The monoisotopic (exact) mass is 398 g/mol. The van der Waals surface area contributed by atoms with Crippen molar-refractivity contribution in [3.05, 3.63) is 21.3 Å². The highest BCUT2D eigenvalue weighted by Crippen LogP contribution is 2.33. The topological polar surface area (TPSA) is 81.8 Å². The predicted octanol–water partition coefficient (Wildman–Crippen LogP) is 2.51. The molecule has 0 atom stereocenters. The Morgan fingerprint density at radius 1 is 1.35 bits per heavy atom. The van der Waals surface area contributed by atoms with Crippen LogP contribution in [0.2, 0.25) is 4.34 Å². The first-order chi connectivity index (χ1) is 12.4. The fourth-order valence-corrected chi connectivity index (χ4v) is 4.64. The number of hydrogen-bond acceptors (Lipinski definition) is 5. The molecule has 0 bridgehead atoms. The molecule has 2 N–H and O–H groups in total. The summed E-state index contributed by atoms with van der Waals surface area (Å²) >= 11 is 7.42. The maximum atomic E-state index is 12.6. The van der Waals surface area contributed by atoms with Gasteiger partial charge in [-0.25, -0.2) is 4.79 Å². The zero-order chi connectivity index (χ0) is 18.7. The van der Waals surface area contributed by atoms with Gasteiger partial charge in [0.15, 0.2) is 0 Å². The van der Waals surface area contributed by atoms with Crippen molar-refractivity contribution in [3.63, 3.8) is 0 Å². The molecule has 2 fully saturated rings. The second kappa shape index (κ2) is 7.94. The Labute approximate surface area is 161 Å². The van der Waals surface area contributed by atoms with Gasteiger partial charge >= 0.3 is 6.03 Å². The van der Waals surface area contributed by atoms with Gasteiger partial charge in [-0.1, -0.05) is 30.9 Å². The summed E-state index contributed by atoms with van der Waals surface area (Å²) in [4.78, 5) is 40.1. The van der Waals surface area contributed by atoms with E-state index in [1.54, 1.807) is 0 Å². The molecule has 0 aromatic carbocycles.